The van der Waals surface area contributed by atoms with Crippen LogP contribution in [0, 0.1) is 0 Å². The lowest BCUT2D eigenvalue weighted by atomic mass is 10.1. The van der Waals surface area contributed by atoms with Crippen molar-refractivity contribution in [1.82, 2.24) is 9.78 Å². The Bertz CT molecular complexity index is 755. The van der Waals surface area contributed by atoms with Gasteiger partial charge in [-0.1, -0.05) is 11.6 Å². The Morgan fingerprint density at radius 3 is 2.67 bits per heavy atom. The number of aromatic nitrogens is 2. The third kappa shape index (κ3) is 2.90. The van der Waals surface area contributed by atoms with Gasteiger partial charge in [0, 0.05) is 12.1 Å². The highest BCUT2D eigenvalue weighted by molar-refractivity contribution is 6.32. The highest BCUT2D eigenvalue weighted by Gasteiger charge is 2.15. The zero-order chi connectivity index (χ0) is 15.6. The Morgan fingerprint density at radius 1 is 1.43 bits per heavy atom. The summed E-state index contributed by atoms with van der Waals surface area (Å²) in [6, 6.07) is 6.21. The lowest BCUT2D eigenvalue weighted by molar-refractivity contribution is 0.0693. The van der Waals surface area contributed by atoms with Gasteiger partial charge in [-0.2, -0.15) is 5.10 Å². The van der Waals surface area contributed by atoms with Crippen molar-refractivity contribution in [3.05, 3.63) is 45.2 Å². The maximum absolute atomic E-state index is 11.9. The van der Waals surface area contributed by atoms with E-state index in [1.165, 1.54) is 13.2 Å². The number of benzene rings is 1. The maximum atomic E-state index is 11.9. The SMILES string of the molecule is CCn1nc(-c2ccc(OC)c(Cl)c2)cc(C(=O)O)c1=O. The summed E-state index contributed by atoms with van der Waals surface area (Å²) < 4.78 is 6.17. The van der Waals surface area contributed by atoms with Crippen molar-refractivity contribution in [3.8, 4) is 17.0 Å². The summed E-state index contributed by atoms with van der Waals surface area (Å²) in [5, 5.41) is 13.6. The minimum Gasteiger partial charge on any atom is -0.495 e. The van der Waals surface area contributed by atoms with Crippen LogP contribution in [0.15, 0.2) is 29.1 Å². The van der Waals surface area contributed by atoms with Gasteiger partial charge in [-0.25, -0.2) is 9.48 Å². The first-order valence-corrected chi connectivity index (χ1v) is 6.55. The van der Waals surface area contributed by atoms with Crippen molar-refractivity contribution in [2.24, 2.45) is 0 Å². The lowest BCUT2D eigenvalue weighted by Gasteiger charge is -2.09. The van der Waals surface area contributed by atoms with Crippen LogP contribution in [0.2, 0.25) is 5.02 Å². The van der Waals surface area contributed by atoms with E-state index in [1.54, 1.807) is 25.1 Å². The Morgan fingerprint density at radius 2 is 2.14 bits per heavy atom. The molecular formula is C14H13ClN2O4. The number of carbonyl (C=O) groups is 1. The molecule has 0 aliphatic carbocycles. The molecule has 0 aliphatic heterocycles. The Hall–Kier alpha value is -2.34. The maximum Gasteiger partial charge on any atom is 0.341 e. The minimum atomic E-state index is -1.29. The van der Waals surface area contributed by atoms with E-state index < -0.39 is 11.5 Å². The summed E-state index contributed by atoms with van der Waals surface area (Å²) in [6.45, 7) is 1.99. The summed E-state index contributed by atoms with van der Waals surface area (Å²) in [6.07, 6.45) is 0. The molecule has 0 atom stereocenters. The van der Waals surface area contributed by atoms with E-state index >= 15 is 0 Å². The average molecular weight is 309 g/mol. The standard InChI is InChI=1S/C14H13ClN2O4/c1-3-17-13(18)9(14(19)20)7-11(16-17)8-4-5-12(21-2)10(15)6-8/h4-7H,3H2,1-2H3,(H,19,20). The van der Waals surface area contributed by atoms with Gasteiger partial charge in [-0.3, -0.25) is 4.79 Å². The van der Waals surface area contributed by atoms with Gasteiger partial charge in [0.1, 0.15) is 11.3 Å². The largest absolute Gasteiger partial charge is 0.495 e. The van der Waals surface area contributed by atoms with E-state index in [1.807, 2.05) is 0 Å². The predicted molar refractivity (Wildman–Crippen MR) is 78.1 cm³/mol. The van der Waals surface area contributed by atoms with Crippen LogP contribution in [0.3, 0.4) is 0 Å². The van der Waals surface area contributed by atoms with Gasteiger partial charge in [0.25, 0.3) is 5.56 Å². The van der Waals surface area contributed by atoms with Crippen molar-refractivity contribution in [2.75, 3.05) is 7.11 Å². The molecule has 0 fully saturated rings. The molecule has 1 heterocycles. The first-order valence-electron chi connectivity index (χ1n) is 6.17. The van der Waals surface area contributed by atoms with Gasteiger partial charge in [0.2, 0.25) is 0 Å². The zero-order valence-corrected chi connectivity index (χ0v) is 12.2. The van der Waals surface area contributed by atoms with Crippen molar-refractivity contribution < 1.29 is 14.6 Å². The summed E-state index contributed by atoms with van der Waals surface area (Å²) in [5.41, 5.74) is 0.00560. The fraction of sp³-hybridized carbons (Fsp3) is 0.214. The number of aromatic carboxylic acids is 1. The van der Waals surface area contributed by atoms with Gasteiger partial charge in [-0.05, 0) is 31.2 Å². The number of nitrogens with zero attached hydrogens (tertiary/aromatic N) is 2. The van der Waals surface area contributed by atoms with Gasteiger partial charge < -0.3 is 9.84 Å². The second kappa shape index (κ2) is 5.97. The molecule has 110 valence electrons. The zero-order valence-electron chi connectivity index (χ0n) is 11.5. The lowest BCUT2D eigenvalue weighted by Crippen LogP contribution is -2.28. The second-order valence-electron chi connectivity index (χ2n) is 4.22. The molecule has 0 saturated carbocycles. The number of halogens is 1. The minimum absolute atomic E-state index is 0.275. The number of hydrogen-bond acceptors (Lipinski definition) is 4. The first kappa shape index (κ1) is 15.1. The third-order valence-corrected chi connectivity index (χ3v) is 3.25. The van der Waals surface area contributed by atoms with E-state index in [0.717, 1.165) is 4.68 Å². The first-order chi connectivity index (χ1) is 9.97. The van der Waals surface area contributed by atoms with Crippen LogP contribution in [-0.2, 0) is 6.54 Å². The molecule has 2 rings (SSSR count). The third-order valence-electron chi connectivity index (χ3n) is 2.95. The van der Waals surface area contributed by atoms with Crippen LogP contribution >= 0.6 is 11.6 Å². The topological polar surface area (TPSA) is 81.4 Å². The molecule has 21 heavy (non-hydrogen) atoms. The van der Waals surface area contributed by atoms with E-state index in [0.29, 0.717) is 22.0 Å². The molecule has 0 bridgehead atoms. The molecule has 7 heteroatoms. The molecule has 0 saturated heterocycles. The fourth-order valence-electron chi connectivity index (χ4n) is 1.88. The van der Waals surface area contributed by atoms with E-state index in [9.17, 15) is 9.59 Å². The summed E-state index contributed by atoms with van der Waals surface area (Å²) >= 11 is 6.05. The van der Waals surface area contributed by atoms with Crippen LogP contribution in [0.1, 0.15) is 17.3 Å². The highest BCUT2D eigenvalue weighted by atomic mass is 35.5. The van der Waals surface area contributed by atoms with Crippen molar-refractivity contribution in [1.29, 1.82) is 0 Å². The normalized spacial score (nSPS) is 10.4. The van der Waals surface area contributed by atoms with Crippen molar-refractivity contribution in [2.45, 2.75) is 13.5 Å². The van der Waals surface area contributed by atoms with Crippen molar-refractivity contribution >= 4 is 17.6 Å². The Balaban J connectivity index is 2.64. The molecule has 0 aliphatic rings. The number of hydrogen-bond donors (Lipinski definition) is 1. The molecule has 0 spiro atoms. The molecule has 6 nitrogen and oxygen atoms in total. The van der Waals surface area contributed by atoms with Gasteiger partial charge in [0.05, 0.1) is 17.8 Å². The summed E-state index contributed by atoms with van der Waals surface area (Å²) in [5.74, 6) is -0.784. The average Bonchev–Trinajstić information content (AvgIpc) is 2.47. The molecule has 0 amide bonds. The molecule has 1 aromatic carbocycles. The van der Waals surface area contributed by atoms with Crippen LogP contribution in [0.5, 0.6) is 5.75 Å². The van der Waals surface area contributed by atoms with Crippen LogP contribution < -0.4 is 10.3 Å². The van der Waals surface area contributed by atoms with Gasteiger partial charge >= 0.3 is 5.97 Å². The Labute approximate surface area is 125 Å². The number of methoxy groups -OCH3 is 1. The number of aryl methyl sites for hydroxylation is 1. The van der Waals surface area contributed by atoms with Gasteiger partial charge in [0.15, 0.2) is 0 Å². The van der Waals surface area contributed by atoms with Crippen LogP contribution in [0.4, 0.5) is 0 Å². The van der Waals surface area contributed by atoms with Crippen LogP contribution in [-0.4, -0.2) is 28.0 Å². The second-order valence-corrected chi connectivity index (χ2v) is 4.63. The molecule has 0 radical (unpaired) electrons. The molecule has 1 N–H and O–H groups in total. The number of carboxylic acids is 1. The van der Waals surface area contributed by atoms with E-state index in [4.69, 9.17) is 21.4 Å². The number of carboxylic acid groups (broad SMARTS) is 1. The molecule has 0 unspecified atom stereocenters. The summed E-state index contributed by atoms with van der Waals surface area (Å²) in [4.78, 5) is 23.0. The monoisotopic (exact) mass is 308 g/mol. The van der Waals surface area contributed by atoms with Crippen LogP contribution in [0.25, 0.3) is 11.3 Å². The van der Waals surface area contributed by atoms with Crippen molar-refractivity contribution in [3.63, 3.8) is 0 Å². The smallest absolute Gasteiger partial charge is 0.341 e. The van der Waals surface area contributed by atoms with E-state index in [2.05, 4.69) is 5.10 Å². The number of rotatable bonds is 4. The van der Waals surface area contributed by atoms with Gasteiger partial charge in [-0.15, -0.1) is 0 Å². The molecular weight excluding hydrogens is 296 g/mol. The predicted octanol–water partition coefficient (Wildman–Crippen LogP) is 2.29. The molecule has 2 aromatic rings. The quantitative estimate of drug-likeness (QED) is 0.937. The summed E-state index contributed by atoms with van der Waals surface area (Å²) in [7, 11) is 1.50. The molecule has 1 aromatic heterocycles. The number of ether oxygens (including phenoxy) is 1. The highest BCUT2D eigenvalue weighted by Crippen LogP contribution is 2.29. The van der Waals surface area contributed by atoms with E-state index in [-0.39, 0.29) is 12.1 Å². The fourth-order valence-corrected chi connectivity index (χ4v) is 2.13. The Kier molecular flexibility index (Phi) is 4.28.